The summed E-state index contributed by atoms with van der Waals surface area (Å²) in [6.07, 6.45) is 2.26. The molecule has 62 heavy (non-hydrogen) atoms. The standard InChI is InChI=1S/C45H68N10O6S/c1-26(2)33-39(58)53-36(44(5,6)7)38(48-25-32(57)55-20-16-27(3)35(55)41(60)50-33)52-37(45(8,9)10)42(61)51-34(28(4)29-14-12-11-13-15-29)40(59)49-30(43-47-19-23-62-43)24-31(56)54-21-17-46-18-22-54/h11-15,19,23,26-28,30,33-37,46H,16-18,20-22,24-25H2,1-10H3,(H,48,52)(H,49,59)(H,50,60)(H,51,61)(H,53,58)/t27-,28+,30-,33+,34?,35+,36?,37?/m1/s1. The van der Waals surface area contributed by atoms with E-state index in [0.29, 0.717) is 44.2 Å². The molecule has 0 saturated carbocycles. The third-order valence-corrected chi connectivity index (χ3v) is 13.0. The Morgan fingerprint density at radius 3 is 2.18 bits per heavy atom. The maximum atomic E-state index is 14.9. The van der Waals surface area contributed by atoms with E-state index in [1.54, 1.807) is 21.4 Å². The largest absolute Gasteiger partial charge is 0.360 e. The number of benzene rings is 1. The first-order valence-electron chi connectivity index (χ1n) is 21.9. The van der Waals surface area contributed by atoms with E-state index in [1.165, 1.54) is 11.3 Å². The van der Waals surface area contributed by atoms with Crippen molar-refractivity contribution >= 4 is 52.6 Å². The Balaban J connectivity index is 1.50. The number of rotatable bonds is 11. The molecule has 1 aromatic heterocycles. The number of amidine groups is 1. The fraction of sp³-hybridized carbons (Fsp3) is 0.644. The zero-order chi connectivity index (χ0) is 45.5. The first-order chi connectivity index (χ1) is 29.2. The first-order valence-corrected chi connectivity index (χ1v) is 22.8. The van der Waals surface area contributed by atoms with Gasteiger partial charge in [0, 0.05) is 50.2 Å². The van der Waals surface area contributed by atoms with Crippen molar-refractivity contribution in [1.29, 1.82) is 0 Å². The summed E-state index contributed by atoms with van der Waals surface area (Å²) in [6, 6.07) is 4.06. The van der Waals surface area contributed by atoms with E-state index in [0.717, 1.165) is 5.56 Å². The minimum atomic E-state index is -1.10. The van der Waals surface area contributed by atoms with Crippen molar-refractivity contribution in [2.24, 2.45) is 27.7 Å². The maximum Gasteiger partial charge on any atom is 0.244 e. The van der Waals surface area contributed by atoms with Gasteiger partial charge in [0.15, 0.2) is 0 Å². The normalized spacial score (nSPS) is 23.7. The molecule has 6 amide bonds. The molecule has 5 rings (SSSR count). The average molecular weight is 877 g/mol. The Labute approximate surface area is 370 Å². The van der Waals surface area contributed by atoms with Crippen molar-refractivity contribution in [3.05, 3.63) is 52.5 Å². The van der Waals surface area contributed by atoms with Gasteiger partial charge in [-0.1, -0.05) is 99.6 Å². The van der Waals surface area contributed by atoms with Gasteiger partial charge in [0.2, 0.25) is 35.4 Å². The van der Waals surface area contributed by atoms with Crippen LogP contribution in [0.5, 0.6) is 0 Å². The molecule has 0 radical (unpaired) electrons. The van der Waals surface area contributed by atoms with Gasteiger partial charge in [0.25, 0.3) is 0 Å². The van der Waals surface area contributed by atoms with Crippen LogP contribution in [0.3, 0.4) is 0 Å². The fourth-order valence-corrected chi connectivity index (χ4v) is 8.99. The van der Waals surface area contributed by atoms with E-state index in [1.807, 2.05) is 99.6 Å². The van der Waals surface area contributed by atoms with Gasteiger partial charge in [-0.25, -0.2) is 4.98 Å². The number of amides is 6. The molecule has 340 valence electrons. The van der Waals surface area contributed by atoms with Crippen molar-refractivity contribution in [3.63, 3.8) is 0 Å². The highest BCUT2D eigenvalue weighted by Crippen LogP contribution is 2.29. The minimum Gasteiger partial charge on any atom is -0.360 e. The van der Waals surface area contributed by atoms with E-state index >= 15 is 0 Å². The van der Waals surface area contributed by atoms with Gasteiger partial charge in [-0.2, -0.15) is 0 Å². The molecular formula is C45H68N10O6S. The smallest absolute Gasteiger partial charge is 0.244 e. The summed E-state index contributed by atoms with van der Waals surface area (Å²) in [5.41, 5.74) is -0.677. The lowest BCUT2D eigenvalue weighted by Gasteiger charge is -2.39. The van der Waals surface area contributed by atoms with Crippen LogP contribution >= 0.6 is 11.3 Å². The molecule has 4 heterocycles. The second-order valence-electron chi connectivity index (χ2n) is 19.4. The number of hydrogen-bond donors (Lipinski definition) is 6. The summed E-state index contributed by atoms with van der Waals surface area (Å²) < 4.78 is 0. The summed E-state index contributed by atoms with van der Waals surface area (Å²) in [5.74, 6) is -2.92. The molecule has 0 spiro atoms. The number of aliphatic imine (C=N–C) groups is 1. The highest BCUT2D eigenvalue weighted by atomic mass is 32.1. The summed E-state index contributed by atoms with van der Waals surface area (Å²) in [7, 11) is 0. The quantitative estimate of drug-likeness (QED) is 0.196. The molecule has 3 unspecified atom stereocenters. The molecule has 8 atom stereocenters. The molecule has 0 aliphatic carbocycles. The maximum absolute atomic E-state index is 14.9. The topological polar surface area (TPSA) is 206 Å². The van der Waals surface area contributed by atoms with E-state index in [4.69, 9.17) is 4.99 Å². The number of piperazine rings is 1. The summed E-state index contributed by atoms with van der Waals surface area (Å²) in [6.45, 7) is 21.4. The van der Waals surface area contributed by atoms with Gasteiger partial charge in [0.1, 0.15) is 41.6 Å². The van der Waals surface area contributed by atoms with Gasteiger partial charge >= 0.3 is 0 Å². The molecule has 1 aromatic carbocycles. The number of fused-ring (bicyclic) bond motifs is 1. The number of nitrogens with zero attached hydrogens (tertiary/aromatic N) is 4. The third kappa shape index (κ3) is 12.0. The van der Waals surface area contributed by atoms with Gasteiger partial charge in [-0.15, -0.1) is 11.3 Å². The second-order valence-corrected chi connectivity index (χ2v) is 20.4. The zero-order valence-electron chi connectivity index (χ0n) is 38.0. The van der Waals surface area contributed by atoms with Crippen molar-refractivity contribution < 1.29 is 28.8 Å². The second kappa shape index (κ2) is 20.5. The van der Waals surface area contributed by atoms with Crippen LogP contribution in [-0.2, 0) is 28.8 Å². The molecule has 2 saturated heterocycles. The molecule has 0 bridgehead atoms. The molecular weight excluding hydrogens is 809 g/mol. The Hall–Kier alpha value is -4.90. The Kier molecular flexibility index (Phi) is 15.9. The number of nitrogens with one attached hydrogen (secondary N) is 6. The van der Waals surface area contributed by atoms with Crippen molar-refractivity contribution in [1.82, 2.24) is 46.7 Å². The van der Waals surface area contributed by atoms with E-state index < -0.39 is 70.7 Å². The molecule has 2 fully saturated rings. The summed E-state index contributed by atoms with van der Waals surface area (Å²) in [5, 5.41) is 21.3. The number of thiazole rings is 1. The van der Waals surface area contributed by atoms with Crippen LogP contribution in [-0.4, -0.2) is 126 Å². The molecule has 3 aliphatic rings. The van der Waals surface area contributed by atoms with Crippen LogP contribution in [0, 0.1) is 22.7 Å². The first kappa shape index (κ1) is 48.1. The predicted octanol–water partition coefficient (Wildman–Crippen LogP) is 2.74. The number of hydrogen-bond acceptors (Lipinski definition) is 11. The highest BCUT2D eigenvalue weighted by Gasteiger charge is 2.44. The van der Waals surface area contributed by atoms with E-state index in [-0.39, 0.29) is 48.4 Å². The number of carbonyl (C=O) groups is 6. The van der Waals surface area contributed by atoms with E-state index in [9.17, 15) is 28.8 Å². The SMILES string of the molecule is CC(C)[C@@H]1NC(=O)[C@@H]2[C@H](C)CCN2C(=O)CN=C(NC(C(=O)NC(C(=O)N[C@H](CC(=O)N2CCNCC2)c2nccs2)[C@@H](C)c2ccccc2)C(C)(C)C)C(C(C)(C)C)NC1=O. The van der Waals surface area contributed by atoms with Crippen LogP contribution in [0.2, 0.25) is 0 Å². The molecule has 2 aromatic rings. The number of carbonyl (C=O) groups excluding carboxylic acids is 6. The lowest BCUT2D eigenvalue weighted by molar-refractivity contribution is -0.140. The Bertz CT molecular complexity index is 1920. The molecule has 3 aliphatic heterocycles. The van der Waals surface area contributed by atoms with Crippen LogP contribution in [0.4, 0.5) is 0 Å². The lowest BCUT2D eigenvalue weighted by atomic mass is 9.82. The van der Waals surface area contributed by atoms with Crippen LogP contribution in [0.1, 0.15) is 105 Å². The third-order valence-electron chi connectivity index (χ3n) is 12.1. The van der Waals surface area contributed by atoms with Crippen LogP contribution in [0.15, 0.2) is 46.9 Å². The minimum absolute atomic E-state index is 0.00268. The average Bonchev–Trinajstić information content (AvgIpc) is 3.90. The van der Waals surface area contributed by atoms with Crippen molar-refractivity contribution in [3.8, 4) is 0 Å². The predicted molar refractivity (Wildman–Crippen MR) is 240 cm³/mol. The zero-order valence-corrected chi connectivity index (χ0v) is 38.9. The lowest BCUT2D eigenvalue weighted by Crippen LogP contribution is -2.65. The Morgan fingerprint density at radius 2 is 1.58 bits per heavy atom. The van der Waals surface area contributed by atoms with Gasteiger partial charge < -0.3 is 41.7 Å². The highest BCUT2D eigenvalue weighted by molar-refractivity contribution is 7.09. The molecule has 17 heteroatoms. The monoisotopic (exact) mass is 877 g/mol. The van der Waals surface area contributed by atoms with Crippen molar-refractivity contribution in [2.75, 3.05) is 39.3 Å². The molecule has 16 nitrogen and oxygen atoms in total. The number of aromatic nitrogens is 1. The summed E-state index contributed by atoms with van der Waals surface area (Å²) in [4.78, 5) is 97.6. The van der Waals surface area contributed by atoms with Gasteiger partial charge in [0.05, 0.1) is 18.5 Å². The van der Waals surface area contributed by atoms with Gasteiger partial charge in [-0.05, 0) is 34.7 Å². The Morgan fingerprint density at radius 1 is 0.903 bits per heavy atom. The fourth-order valence-electron chi connectivity index (χ4n) is 8.30. The van der Waals surface area contributed by atoms with Crippen LogP contribution < -0.4 is 31.9 Å². The van der Waals surface area contributed by atoms with Gasteiger partial charge in [-0.3, -0.25) is 33.8 Å². The van der Waals surface area contributed by atoms with Crippen molar-refractivity contribution in [2.45, 2.75) is 124 Å². The van der Waals surface area contributed by atoms with Crippen LogP contribution in [0.25, 0.3) is 0 Å². The molecule has 6 N–H and O–H groups in total. The van der Waals surface area contributed by atoms with E-state index in [2.05, 4.69) is 36.9 Å². The summed E-state index contributed by atoms with van der Waals surface area (Å²) >= 11 is 1.34.